The van der Waals surface area contributed by atoms with E-state index in [0.29, 0.717) is 0 Å². The molecule has 0 aliphatic carbocycles. The standard InChI is InChI=1S/C30H32N4/c1-5-13-27(14-6-1)21-31-25-33(23-29-17-9-3-10-18-29)34(24-30-19-11-4-12-20-30)26-32(31)22-28-15-7-2-8-16-28/h1-20H,21-26H2. The van der Waals surface area contributed by atoms with Gasteiger partial charge in [-0.05, 0) is 22.3 Å². The van der Waals surface area contributed by atoms with Crippen molar-refractivity contribution in [3.8, 4) is 0 Å². The van der Waals surface area contributed by atoms with Crippen molar-refractivity contribution in [2.45, 2.75) is 26.2 Å². The summed E-state index contributed by atoms with van der Waals surface area (Å²) < 4.78 is 0. The lowest BCUT2D eigenvalue weighted by molar-refractivity contribution is -0.239. The average molecular weight is 449 g/mol. The molecule has 0 amide bonds. The molecule has 0 radical (unpaired) electrons. The second kappa shape index (κ2) is 11.2. The van der Waals surface area contributed by atoms with E-state index in [9.17, 15) is 0 Å². The van der Waals surface area contributed by atoms with Gasteiger partial charge in [0.2, 0.25) is 0 Å². The second-order valence-corrected chi connectivity index (χ2v) is 8.88. The molecule has 0 atom stereocenters. The van der Waals surface area contributed by atoms with E-state index in [2.05, 4.69) is 141 Å². The molecule has 1 aliphatic rings. The van der Waals surface area contributed by atoms with E-state index in [0.717, 1.165) is 39.5 Å². The maximum atomic E-state index is 2.49. The third-order valence-corrected chi connectivity index (χ3v) is 6.28. The molecule has 1 aliphatic heterocycles. The quantitative estimate of drug-likeness (QED) is 0.340. The first-order valence-corrected chi connectivity index (χ1v) is 12.0. The van der Waals surface area contributed by atoms with Crippen molar-refractivity contribution in [1.82, 2.24) is 20.0 Å². The van der Waals surface area contributed by atoms with Gasteiger partial charge in [0.25, 0.3) is 0 Å². The van der Waals surface area contributed by atoms with Crippen molar-refractivity contribution in [3.63, 3.8) is 0 Å². The summed E-state index contributed by atoms with van der Waals surface area (Å²) in [6.45, 7) is 5.22. The van der Waals surface area contributed by atoms with Crippen LogP contribution in [0.4, 0.5) is 0 Å². The molecule has 5 rings (SSSR count). The van der Waals surface area contributed by atoms with Gasteiger partial charge in [-0.3, -0.25) is 0 Å². The molecule has 0 unspecified atom stereocenters. The van der Waals surface area contributed by atoms with Crippen LogP contribution >= 0.6 is 0 Å². The fourth-order valence-corrected chi connectivity index (χ4v) is 4.51. The summed E-state index contributed by atoms with van der Waals surface area (Å²) in [6.07, 6.45) is 0. The van der Waals surface area contributed by atoms with Crippen LogP contribution in [0.25, 0.3) is 0 Å². The van der Waals surface area contributed by atoms with Gasteiger partial charge in [0.15, 0.2) is 0 Å². The van der Waals surface area contributed by atoms with Gasteiger partial charge in [0.05, 0.1) is 13.3 Å². The summed E-state index contributed by atoms with van der Waals surface area (Å²) in [6, 6.07) is 43.2. The van der Waals surface area contributed by atoms with Crippen LogP contribution in [-0.4, -0.2) is 33.4 Å². The Kier molecular flexibility index (Phi) is 7.44. The van der Waals surface area contributed by atoms with Gasteiger partial charge in [-0.2, -0.15) is 0 Å². The highest BCUT2D eigenvalue weighted by atomic mass is 15.8. The minimum atomic E-state index is 0.837. The van der Waals surface area contributed by atoms with Gasteiger partial charge in [-0.1, -0.05) is 121 Å². The van der Waals surface area contributed by atoms with Crippen molar-refractivity contribution < 1.29 is 0 Å². The Morgan fingerprint density at radius 1 is 0.324 bits per heavy atom. The summed E-state index contributed by atoms with van der Waals surface area (Å²) in [5, 5.41) is 9.97. The van der Waals surface area contributed by atoms with Crippen molar-refractivity contribution >= 4 is 0 Å². The molecule has 1 fully saturated rings. The number of hydrazine groups is 2. The highest BCUT2D eigenvalue weighted by molar-refractivity contribution is 5.18. The smallest absolute Gasteiger partial charge is 0.0795 e. The predicted octanol–water partition coefficient (Wildman–Crippen LogP) is 5.75. The number of hydrogen-bond acceptors (Lipinski definition) is 4. The van der Waals surface area contributed by atoms with Gasteiger partial charge in [0, 0.05) is 26.2 Å². The van der Waals surface area contributed by atoms with Crippen molar-refractivity contribution in [2.75, 3.05) is 13.3 Å². The fourth-order valence-electron chi connectivity index (χ4n) is 4.51. The summed E-state index contributed by atoms with van der Waals surface area (Å²) >= 11 is 0. The number of hydrogen-bond donors (Lipinski definition) is 0. The van der Waals surface area contributed by atoms with E-state index < -0.39 is 0 Å². The van der Waals surface area contributed by atoms with E-state index in [4.69, 9.17) is 0 Å². The van der Waals surface area contributed by atoms with E-state index in [1.165, 1.54) is 22.3 Å². The Morgan fingerprint density at radius 3 is 0.735 bits per heavy atom. The maximum Gasteiger partial charge on any atom is 0.0795 e. The first-order valence-electron chi connectivity index (χ1n) is 12.0. The normalized spacial score (nSPS) is 16.0. The molecule has 172 valence electrons. The van der Waals surface area contributed by atoms with Crippen molar-refractivity contribution in [1.29, 1.82) is 0 Å². The van der Waals surface area contributed by atoms with Crippen LogP contribution in [0, 0.1) is 0 Å². The summed E-state index contributed by atoms with van der Waals surface area (Å²) in [7, 11) is 0. The van der Waals surface area contributed by atoms with Crippen molar-refractivity contribution in [3.05, 3.63) is 144 Å². The molecule has 0 bridgehead atoms. The zero-order chi connectivity index (χ0) is 23.0. The molecule has 0 aromatic heterocycles. The molecule has 1 heterocycles. The SMILES string of the molecule is c1ccc(CN2CN(Cc3ccccc3)N(Cc3ccccc3)CN2Cc2ccccc2)cc1. The molecule has 4 aromatic rings. The fraction of sp³-hybridized carbons (Fsp3) is 0.200. The maximum absolute atomic E-state index is 2.49. The number of nitrogens with zero attached hydrogens (tertiary/aromatic N) is 4. The molecule has 0 spiro atoms. The van der Waals surface area contributed by atoms with Gasteiger partial charge in [0.1, 0.15) is 0 Å². The van der Waals surface area contributed by atoms with Crippen LogP contribution in [0.5, 0.6) is 0 Å². The van der Waals surface area contributed by atoms with E-state index in [1.807, 2.05) is 0 Å². The van der Waals surface area contributed by atoms with E-state index in [-0.39, 0.29) is 0 Å². The van der Waals surface area contributed by atoms with Crippen LogP contribution in [-0.2, 0) is 26.2 Å². The average Bonchev–Trinajstić information content (AvgIpc) is 2.89. The first kappa shape index (κ1) is 22.5. The minimum absolute atomic E-state index is 0.837. The third kappa shape index (κ3) is 5.99. The Bertz CT molecular complexity index is 936. The molecule has 34 heavy (non-hydrogen) atoms. The van der Waals surface area contributed by atoms with Crippen LogP contribution < -0.4 is 0 Å². The highest BCUT2D eigenvalue weighted by Crippen LogP contribution is 2.23. The topological polar surface area (TPSA) is 13.0 Å². The van der Waals surface area contributed by atoms with E-state index in [1.54, 1.807) is 0 Å². The Morgan fingerprint density at radius 2 is 0.529 bits per heavy atom. The van der Waals surface area contributed by atoms with Crippen LogP contribution in [0.1, 0.15) is 22.3 Å². The van der Waals surface area contributed by atoms with Crippen molar-refractivity contribution in [2.24, 2.45) is 0 Å². The van der Waals surface area contributed by atoms with Crippen LogP contribution in [0.3, 0.4) is 0 Å². The zero-order valence-electron chi connectivity index (χ0n) is 19.6. The Hall–Kier alpha value is -3.28. The van der Waals surface area contributed by atoms with Crippen LogP contribution in [0.2, 0.25) is 0 Å². The largest absolute Gasteiger partial charge is 0.220 e. The zero-order valence-corrected chi connectivity index (χ0v) is 19.6. The third-order valence-electron chi connectivity index (χ3n) is 6.28. The number of benzene rings is 4. The lowest BCUT2D eigenvalue weighted by Gasteiger charge is -2.50. The molecule has 1 saturated heterocycles. The molecular weight excluding hydrogens is 416 g/mol. The monoisotopic (exact) mass is 448 g/mol. The van der Waals surface area contributed by atoms with Gasteiger partial charge >= 0.3 is 0 Å². The molecule has 4 heteroatoms. The summed E-state index contributed by atoms with van der Waals surface area (Å²) in [4.78, 5) is 0. The van der Waals surface area contributed by atoms with Crippen LogP contribution in [0.15, 0.2) is 121 Å². The van der Waals surface area contributed by atoms with E-state index >= 15 is 0 Å². The summed E-state index contributed by atoms with van der Waals surface area (Å²) in [5.74, 6) is 0. The molecule has 4 nitrogen and oxygen atoms in total. The Balaban J connectivity index is 1.42. The lowest BCUT2D eigenvalue weighted by Crippen LogP contribution is -2.62. The minimum Gasteiger partial charge on any atom is -0.220 e. The first-order chi connectivity index (χ1) is 16.8. The van der Waals surface area contributed by atoms with Gasteiger partial charge in [-0.15, -0.1) is 0 Å². The predicted molar refractivity (Wildman–Crippen MR) is 138 cm³/mol. The molecule has 4 aromatic carbocycles. The number of rotatable bonds is 8. The second-order valence-electron chi connectivity index (χ2n) is 8.88. The molecule has 0 saturated carbocycles. The summed E-state index contributed by atoms with van der Waals surface area (Å²) in [5.41, 5.74) is 5.32. The lowest BCUT2D eigenvalue weighted by atomic mass is 10.2. The van der Waals surface area contributed by atoms with Gasteiger partial charge in [-0.25, -0.2) is 20.0 Å². The van der Waals surface area contributed by atoms with Gasteiger partial charge < -0.3 is 0 Å². The Labute approximate surface area is 203 Å². The highest BCUT2D eigenvalue weighted by Gasteiger charge is 2.31. The molecule has 0 N–H and O–H groups in total. The molecular formula is C30H32N4.